The molecule has 0 unspecified atom stereocenters. The van der Waals surface area contributed by atoms with Crippen LogP contribution in [0, 0.1) is 0 Å². The monoisotopic (exact) mass is 326 g/mol. The van der Waals surface area contributed by atoms with Crippen LogP contribution in [0.1, 0.15) is 0 Å². The minimum atomic E-state index is -1.17. The molecular formula is C16H11ClN4O2. The van der Waals surface area contributed by atoms with Gasteiger partial charge in [0, 0.05) is 11.2 Å². The largest absolute Gasteiger partial charge is 0.464 e. The van der Waals surface area contributed by atoms with Crippen molar-refractivity contribution in [3.05, 3.63) is 66.1 Å². The Balaban J connectivity index is 2.04. The van der Waals surface area contributed by atoms with Crippen molar-refractivity contribution < 1.29 is 9.90 Å². The fourth-order valence-corrected chi connectivity index (χ4v) is 2.16. The number of benzene rings is 1. The van der Waals surface area contributed by atoms with Crippen LogP contribution in [0.25, 0.3) is 11.4 Å². The Morgan fingerprint density at radius 3 is 2.48 bits per heavy atom. The molecule has 2 aromatic heterocycles. The number of carbonyl (C=O) groups is 1. The van der Waals surface area contributed by atoms with Crippen LogP contribution in [0.15, 0.2) is 61.1 Å². The molecule has 0 saturated heterocycles. The zero-order valence-electron chi connectivity index (χ0n) is 11.8. The maximum absolute atomic E-state index is 11.6. The SMILES string of the molecule is O=C(O)N(c1ccc(Cl)cc1)c1cncc(-c2ccccn2)n1. The topological polar surface area (TPSA) is 79.2 Å². The van der Waals surface area contributed by atoms with Gasteiger partial charge in [0.2, 0.25) is 0 Å². The molecule has 2 heterocycles. The molecule has 1 aromatic carbocycles. The molecule has 1 N–H and O–H groups in total. The Labute approximate surface area is 137 Å². The molecule has 0 fully saturated rings. The Morgan fingerprint density at radius 2 is 1.83 bits per heavy atom. The van der Waals surface area contributed by atoms with Gasteiger partial charge in [0.15, 0.2) is 5.82 Å². The fourth-order valence-electron chi connectivity index (χ4n) is 2.03. The Morgan fingerprint density at radius 1 is 1.04 bits per heavy atom. The molecule has 1 amide bonds. The summed E-state index contributed by atoms with van der Waals surface area (Å²) in [7, 11) is 0. The number of pyridine rings is 1. The van der Waals surface area contributed by atoms with Crippen LogP contribution < -0.4 is 4.90 Å². The Bertz CT molecular complexity index is 825. The number of carboxylic acid groups (broad SMARTS) is 1. The van der Waals surface area contributed by atoms with E-state index in [0.717, 1.165) is 4.90 Å². The average Bonchev–Trinajstić information content (AvgIpc) is 2.58. The second-order valence-corrected chi connectivity index (χ2v) is 5.01. The third-order valence-corrected chi connectivity index (χ3v) is 3.31. The zero-order chi connectivity index (χ0) is 16.2. The van der Waals surface area contributed by atoms with E-state index >= 15 is 0 Å². The van der Waals surface area contributed by atoms with Crippen molar-refractivity contribution in [3.63, 3.8) is 0 Å². The minimum absolute atomic E-state index is 0.183. The molecule has 0 radical (unpaired) electrons. The lowest BCUT2D eigenvalue weighted by Crippen LogP contribution is -2.24. The van der Waals surface area contributed by atoms with Gasteiger partial charge >= 0.3 is 6.09 Å². The first-order valence-electron chi connectivity index (χ1n) is 6.67. The standard InChI is InChI=1S/C16H11ClN4O2/c17-11-4-6-12(7-5-11)21(16(22)23)15-10-18-9-14(20-15)13-3-1-2-8-19-13/h1-10H,(H,22,23). The quantitative estimate of drug-likeness (QED) is 0.786. The third-order valence-electron chi connectivity index (χ3n) is 3.05. The minimum Gasteiger partial charge on any atom is -0.464 e. The van der Waals surface area contributed by atoms with Crippen molar-refractivity contribution >= 4 is 29.2 Å². The molecule has 6 nitrogen and oxygen atoms in total. The van der Waals surface area contributed by atoms with Crippen molar-refractivity contribution in [1.82, 2.24) is 15.0 Å². The van der Waals surface area contributed by atoms with Crippen LogP contribution in [0.3, 0.4) is 0 Å². The molecule has 3 rings (SSSR count). The van der Waals surface area contributed by atoms with Crippen LogP contribution in [-0.4, -0.2) is 26.2 Å². The number of nitrogens with zero attached hydrogens (tertiary/aromatic N) is 4. The van der Waals surface area contributed by atoms with Gasteiger partial charge in [0.05, 0.1) is 23.8 Å². The van der Waals surface area contributed by atoms with Gasteiger partial charge < -0.3 is 5.11 Å². The maximum atomic E-state index is 11.6. The Kier molecular flexibility index (Phi) is 4.16. The Hall–Kier alpha value is -2.99. The highest BCUT2D eigenvalue weighted by atomic mass is 35.5. The molecule has 0 bridgehead atoms. The summed E-state index contributed by atoms with van der Waals surface area (Å²) < 4.78 is 0. The highest BCUT2D eigenvalue weighted by Crippen LogP contribution is 2.26. The van der Waals surface area contributed by atoms with E-state index < -0.39 is 6.09 Å². The predicted molar refractivity (Wildman–Crippen MR) is 86.9 cm³/mol. The van der Waals surface area contributed by atoms with Crippen molar-refractivity contribution in [2.75, 3.05) is 4.90 Å². The summed E-state index contributed by atoms with van der Waals surface area (Å²) in [6.07, 6.45) is 3.39. The smallest absolute Gasteiger partial charge is 0.417 e. The van der Waals surface area contributed by atoms with Crippen LogP contribution >= 0.6 is 11.6 Å². The number of hydrogen-bond donors (Lipinski definition) is 1. The third kappa shape index (κ3) is 3.27. The average molecular weight is 327 g/mol. The summed E-state index contributed by atoms with van der Waals surface area (Å²) in [5.41, 5.74) is 1.53. The summed E-state index contributed by atoms with van der Waals surface area (Å²) in [5, 5.41) is 10.0. The molecule has 0 aliphatic rings. The normalized spacial score (nSPS) is 10.3. The van der Waals surface area contributed by atoms with E-state index in [-0.39, 0.29) is 5.82 Å². The molecule has 0 saturated carbocycles. The molecular weight excluding hydrogens is 316 g/mol. The lowest BCUT2D eigenvalue weighted by molar-refractivity contribution is 0.204. The first-order valence-corrected chi connectivity index (χ1v) is 7.05. The first kappa shape index (κ1) is 14.9. The van der Waals surface area contributed by atoms with Gasteiger partial charge in [-0.2, -0.15) is 0 Å². The van der Waals surface area contributed by atoms with E-state index in [1.807, 2.05) is 6.07 Å². The summed E-state index contributed by atoms with van der Waals surface area (Å²) >= 11 is 5.85. The van der Waals surface area contributed by atoms with Crippen LogP contribution in [-0.2, 0) is 0 Å². The molecule has 0 aliphatic carbocycles. The number of amides is 1. The van der Waals surface area contributed by atoms with Gasteiger partial charge in [0.25, 0.3) is 0 Å². The van der Waals surface area contributed by atoms with Crippen LogP contribution in [0.5, 0.6) is 0 Å². The van der Waals surface area contributed by atoms with Gasteiger partial charge in [-0.3, -0.25) is 9.97 Å². The molecule has 0 atom stereocenters. The van der Waals surface area contributed by atoms with Gasteiger partial charge in [-0.25, -0.2) is 14.7 Å². The molecule has 0 aliphatic heterocycles. The lowest BCUT2D eigenvalue weighted by Gasteiger charge is -2.18. The molecule has 0 spiro atoms. The first-order chi connectivity index (χ1) is 11.1. The molecule has 7 heteroatoms. The lowest BCUT2D eigenvalue weighted by atomic mass is 10.2. The summed E-state index contributed by atoms with van der Waals surface area (Å²) in [4.78, 5) is 25.3. The van der Waals surface area contributed by atoms with E-state index in [2.05, 4.69) is 15.0 Å². The number of aromatic nitrogens is 3. The molecule has 23 heavy (non-hydrogen) atoms. The predicted octanol–water partition coefficient (Wildman–Crippen LogP) is 4.01. The summed E-state index contributed by atoms with van der Waals surface area (Å²) in [6, 6.07) is 11.8. The van der Waals surface area contributed by atoms with Gasteiger partial charge in [-0.05, 0) is 36.4 Å². The van der Waals surface area contributed by atoms with Crippen molar-refractivity contribution in [2.24, 2.45) is 0 Å². The maximum Gasteiger partial charge on any atom is 0.417 e. The van der Waals surface area contributed by atoms with Crippen LogP contribution in [0.4, 0.5) is 16.3 Å². The van der Waals surface area contributed by atoms with Gasteiger partial charge in [0.1, 0.15) is 5.69 Å². The zero-order valence-corrected chi connectivity index (χ0v) is 12.6. The van der Waals surface area contributed by atoms with Gasteiger partial charge in [-0.1, -0.05) is 17.7 Å². The van der Waals surface area contributed by atoms with Gasteiger partial charge in [-0.15, -0.1) is 0 Å². The van der Waals surface area contributed by atoms with E-state index in [1.54, 1.807) is 42.6 Å². The van der Waals surface area contributed by atoms with Crippen LogP contribution in [0.2, 0.25) is 5.02 Å². The van der Waals surface area contributed by atoms with Crippen molar-refractivity contribution in [1.29, 1.82) is 0 Å². The van der Waals surface area contributed by atoms with E-state index in [9.17, 15) is 9.90 Å². The molecule has 3 aromatic rings. The van der Waals surface area contributed by atoms with E-state index in [4.69, 9.17) is 11.6 Å². The number of halogens is 1. The summed E-state index contributed by atoms with van der Waals surface area (Å²) in [5.74, 6) is 0.183. The highest BCUT2D eigenvalue weighted by Gasteiger charge is 2.19. The fraction of sp³-hybridized carbons (Fsp3) is 0. The second kappa shape index (κ2) is 6.41. The van der Waals surface area contributed by atoms with E-state index in [0.29, 0.717) is 22.1 Å². The van der Waals surface area contributed by atoms with Crippen molar-refractivity contribution in [3.8, 4) is 11.4 Å². The number of hydrogen-bond acceptors (Lipinski definition) is 4. The number of anilines is 2. The second-order valence-electron chi connectivity index (χ2n) is 4.57. The number of rotatable bonds is 3. The highest BCUT2D eigenvalue weighted by molar-refractivity contribution is 6.30. The molecule has 114 valence electrons. The van der Waals surface area contributed by atoms with E-state index in [1.165, 1.54) is 12.4 Å². The summed E-state index contributed by atoms with van der Waals surface area (Å²) in [6.45, 7) is 0. The van der Waals surface area contributed by atoms with Crippen molar-refractivity contribution in [2.45, 2.75) is 0 Å².